The van der Waals surface area contributed by atoms with Gasteiger partial charge in [-0.05, 0) is 55.6 Å². The molecule has 24 heavy (non-hydrogen) atoms. The molecule has 1 aliphatic heterocycles. The van der Waals surface area contributed by atoms with Gasteiger partial charge >= 0.3 is 0 Å². The fourth-order valence-electron chi connectivity index (χ4n) is 3.25. The lowest BCUT2D eigenvalue weighted by Gasteiger charge is -2.32. The number of rotatable bonds is 4. The number of benzene rings is 2. The highest BCUT2D eigenvalue weighted by Crippen LogP contribution is 2.22. The Hall–Kier alpha value is -1.84. The van der Waals surface area contributed by atoms with Crippen LogP contribution >= 0.6 is 12.4 Å². The van der Waals surface area contributed by atoms with Crippen LogP contribution in [0.25, 0.3) is 11.1 Å². The van der Waals surface area contributed by atoms with E-state index in [2.05, 4.69) is 17.4 Å². The van der Waals surface area contributed by atoms with Crippen molar-refractivity contribution in [2.75, 3.05) is 26.7 Å². The van der Waals surface area contributed by atoms with Gasteiger partial charge in [0.2, 0.25) is 0 Å². The summed E-state index contributed by atoms with van der Waals surface area (Å²) in [5.74, 6) is 0.858. The van der Waals surface area contributed by atoms with Gasteiger partial charge in [0.05, 0.1) is 0 Å². The summed E-state index contributed by atoms with van der Waals surface area (Å²) < 4.78 is 0. The van der Waals surface area contributed by atoms with E-state index in [0.717, 1.165) is 43.6 Å². The van der Waals surface area contributed by atoms with E-state index < -0.39 is 0 Å². The summed E-state index contributed by atoms with van der Waals surface area (Å²) in [6.45, 7) is 2.78. The van der Waals surface area contributed by atoms with Crippen LogP contribution in [0, 0.1) is 5.92 Å². The SMILES string of the molecule is CNCC1CCN(C(=O)c2ccc(-c3ccccc3)cc2)CC1.Cl. The van der Waals surface area contributed by atoms with Crippen LogP contribution in [0.15, 0.2) is 54.6 Å². The number of piperidine rings is 1. The lowest BCUT2D eigenvalue weighted by molar-refractivity contribution is 0.0691. The molecule has 1 fully saturated rings. The van der Waals surface area contributed by atoms with Crippen LogP contribution in [0.1, 0.15) is 23.2 Å². The molecule has 0 aromatic heterocycles. The summed E-state index contributed by atoms with van der Waals surface area (Å²) >= 11 is 0. The number of nitrogens with zero attached hydrogens (tertiary/aromatic N) is 1. The summed E-state index contributed by atoms with van der Waals surface area (Å²) in [6.07, 6.45) is 2.18. The Labute approximate surface area is 150 Å². The molecule has 0 saturated carbocycles. The van der Waals surface area contributed by atoms with E-state index in [4.69, 9.17) is 0 Å². The molecule has 0 atom stereocenters. The first-order valence-corrected chi connectivity index (χ1v) is 8.37. The topological polar surface area (TPSA) is 32.3 Å². The minimum absolute atomic E-state index is 0. The number of halogens is 1. The van der Waals surface area contributed by atoms with Crippen molar-refractivity contribution in [3.05, 3.63) is 60.2 Å². The Bertz CT molecular complexity index is 634. The minimum atomic E-state index is 0. The second-order valence-corrected chi connectivity index (χ2v) is 6.24. The molecule has 1 amide bonds. The average molecular weight is 345 g/mol. The van der Waals surface area contributed by atoms with E-state index in [1.165, 1.54) is 5.56 Å². The van der Waals surface area contributed by atoms with Crippen LogP contribution in [0.2, 0.25) is 0 Å². The number of carbonyl (C=O) groups excluding carboxylic acids is 1. The number of carbonyl (C=O) groups is 1. The largest absolute Gasteiger partial charge is 0.339 e. The van der Waals surface area contributed by atoms with E-state index in [-0.39, 0.29) is 18.3 Å². The zero-order valence-corrected chi connectivity index (χ0v) is 14.9. The number of nitrogens with one attached hydrogen (secondary N) is 1. The molecule has 3 rings (SSSR count). The van der Waals surface area contributed by atoms with Crippen LogP contribution in [0.4, 0.5) is 0 Å². The van der Waals surface area contributed by atoms with Crippen LogP contribution in [-0.2, 0) is 0 Å². The molecule has 0 radical (unpaired) electrons. The van der Waals surface area contributed by atoms with Crippen molar-refractivity contribution in [3.63, 3.8) is 0 Å². The number of amides is 1. The van der Waals surface area contributed by atoms with Crippen molar-refractivity contribution in [1.82, 2.24) is 10.2 Å². The van der Waals surface area contributed by atoms with E-state index in [1.54, 1.807) is 0 Å². The van der Waals surface area contributed by atoms with Gasteiger partial charge in [0.25, 0.3) is 5.91 Å². The smallest absolute Gasteiger partial charge is 0.253 e. The van der Waals surface area contributed by atoms with Gasteiger partial charge in [0, 0.05) is 18.7 Å². The monoisotopic (exact) mass is 344 g/mol. The fraction of sp³-hybridized carbons (Fsp3) is 0.350. The summed E-state index contributed by atoms with van der Waals surface area (Å²) in [4.78, 5) is 14.6. The molecule has 1 aliphatic rings. The number of hydrogen-bond donors (Lipinski definition) is 1. The van der Waals surface area contributed by atoms with Crippen molar-refractivity contribution in [2.45, 2.75) is 12.8 Å². The van der Waals surface area contributed by atoms with Crippen LogP contribution in [0.3, 0.4) is 0 Å². The van der Waals surface area contributed by atoms with Gasteiger partial charge in [-0.2, -0.15) is 0 Å². The molecule has 1 heterocycles. The first kappa shape index (κ1) is 18.5. The van der Waals surface area contributed by atoms with Crippen molar-refractivity contribution in [2.24, 2.45) is 5.92 Å². The molecule has 2 aromatic carbocycles. The van der Waals surface area contributed by atoms with Crippen LogP contribution in [0.5, 0.6) is 0 Å². The first-order chi connectivity index (χ1) is 11.3. The number of likely N-dealkylation sites (tertiary alicyclic amines) is 1. The van der Waals surface area contributed by atoms with E-state index >= 15 is 0 Å². The van der Waals surface area contributed by atoms with E-state index in [9.17, 15) is 4.79 Å². The lowest BCUT2D eigenvalue weighted by atomic mass is 9.96. The molecule has 0 bridgehead atoms. The predicted octanol–water partition coefficient (Wildman–Crippen LogP) is 3.85. The van der Waals surface area contributed by atoms with Gasteiger partial charge < -0.3 is 10.2 Å². The third-order valence-corrected chi connectivity index (χ3v) is 4.63. The zero-order valence-electron chi connectivity index (χ0n) is 14.1. The highest BCUT2D eigenvalue weighted by molar-refractivity contribution is 5.94. The standard InChI is InChI=1S/C20H24N2O.ClH/c1-21-15-16-11-13-22(14-12-16)20(23)19-9-7-18(8-10-19)17-5-3-2-4-6-17;/h2-10,16,21H,11-15H2,1H3;1H. The highest BCUT2D eigenvalue weighted by atomic mass is 35.5. The van der Waals surface area contributed by atoms with Gasteiger partial charge in [-0.1, -0.05) is 42.5 Å². The van der Waals surface area contributed by atoms with Gasteiger partial charge in [-0.15, -0.1) is 12.4 Å². The minimum Gasteiger partial charge on any atom is -0.339 e. The molecular weight excluding hydrogens is 320 g/mol. The summed E-state index contributed by atoms with van der Waals surface area (Å²) in [5, 5.41) is 3.23. The molecule has 128 valence electrons. The van der Waals surface area contributed by atoms with Gasteiger partial charge in [-0.3, -0.25) is 4.79 Å². The summed E-state index contributed by atoms with van der Waals surface area (Å²) in [7, 11) is 1.99. The maximum atomic E-state index is 12.6. The predicted molar refractivity (Wildman–Crippen MR) is 102 cm³/mol. The van der Waals surface area contributed by atoms with E-state index in [0.29, 0.717) is 5.92 Å². The average Bonchev–Trinajstić information content (AvgIpc) is 2.63. The third kappa shape index (κ3) is 4.37. The second kappa shape index (κ2) is 8.86. The molecule has 0 spiro atoms. The molecule has 3 nitrogen and oxygen atoms in total. The Kier molecular flexibility index (Phi) is 6.83. The maximum Gasteiger partial charge on any atom is 0.253 e. The lowest BCUT2D eigenvalue weighted by Crippen LogP contribution is -2.40. The van der Waals surface area contributed by atoms with Gasteiger partial charge in [0.15, 0.2) is 0 Å². The molecular formula is C20H25ClN2O. The normalized spacial score (nSPS) is 15.0. The Morgan fingerprint density at radius 1 is 1.00 bits per heavy atom. The molecule has 0 aliphatic carbocycles. The zero-order chi connectivity index (χ0) is 16.1. The second-order valence-electron chi connectivity index (χ2n) is 6.24. The Balaban J connectivity index is 0.00000208. The maximum absolute atomic E-state index is 12.6. The van der Waals surface area contributed by atoms with Crippen molar-refractivity contribution in [1.29, 1.82) is 0 Å². The van der Waals surface area contributed by atoms with Crippen LogP contribution < -0.4 is 5.32 Å². The van der Waals surface area contributed by atoms with Gasteiger partial charge in [0.1, 0.15) is 0 Å². The van der Waals surface area contributed by atoms with Crippen molar-refractivity contribution in [3.8, 4) is 11.1 Å². The molecule has 1 saturated heterocycles. The molecule has 2 aromatic rings. The van der Waals surface area contributed by atoms with Crippen molar-refractivity contribution >= 4 is 18.3 Å². The quantitative estimate of drug-likeness (QED) is 0.913. The molecule has 1 N–H and O–H groups in total. The Morgan fingerprint density at radius 2 is 1.58 bits per heavy atom. The number of hydrogen-bond acceptors (Lipinski definition) is 2. The van der Waals surface area contributed by atoms with E-state index in [1.807, 2.05) is 54.4 Å². The Morgan fingerprint density at radius 3 is 2.17 bits per heavy atom. The van der Waals surface area contributed by atoms with Crippen LogP contribution in [-0.4, -0.2) is 37.5 Å². The van der Waals surface area contributed by atoms with Gasteiger partial charge in [-0.25, -0.2) is 0 Å². The highest BCUT2D eigenvalue weighted by Gasteiger charge is 2.23. The first-order valence-electron chi connectivity index (χ1n) is 8.37. The molecule has 0 unspecified atom stereocenters. The molecule has 4 heteroatoms. The van der Waals surface area contributed by atoms with Crippen molar-refractivity contribution < 1.29 is 4.79 Å². The summed E-state index contributed by atoms with van der Waals surface area (Å²) in [6, 6.07) is 18.2. The fourth-order valence-corrected chi connectivity index (χ4v) is 3.25. The third-order valence-electron chi connectivity index (χ3n) is 4.63. The summed E-state index contributed by atoms with van der Waals surface area (Å²) in [5.41, 5.74) is 3.12.